The van der Waals surface area contributed by atoms with Crippen molar-refractivity contribution >= 4 is 44.7 Å². The molecule has 1 unspecified atom stereocenters. The Morgan fingerprint density at radius 2 is 1.84 bits per heavy atom. The molecule has 4 heterocycles. The molecule has 3 saturated heterocycles. The van der Waals surface area contributed by atoms with Gasteiger partial charge in [-0.2, -0.15) is 4.98 Å². The van der Waals surface area contributed by atoms with Gasteiger partial charge >= 0.3 is 6.09 Å². The third kappa shape index (κ3) is 5.18. The van der Waals surface area contributed by atoms with Crippen molar-refractivity contribution < 1.29 is 13.9 Å². The van der Waals surface area contributed by atoms with Crippen molar-refractivity contribution in [3.05, 3.63) is 21.9 Å². The molecule has 3 fully saturated rings. The average Bonchev–Trinajstić information content (AvgIpc) is 2.85. The highest BCUT2D eigenvalue weighted by molar-refractivity contribution is 9.10. The normalized spacial score (nSPS) is 22.2. The van der Waals surface area contributed by atoms with Gasteiger partial charge in [0.05, 0.1) is 4.47 Å². The molecule has 1 spiro atoms. The van der Waals surface area contributed by atoms with Crippen LogP contribution in [0.2, 0.25) is 0 Å². The van der Waals surface area contributed by atoms with E-state index in [1.165, 1.54) is 0 Å². The Kier molecular flexibility index (Phi) is 7.26. The first-order valence-corrected chi connectivity index (χ1v) is 14.5. The van der Waals surface area contributed by atoms with E-state index in [1.54, 1.807) is 0 Å². The maximum Gasteiger partial charge on any atom is 0.410 e. The number of halogens is 2. The van der Waals surface area contributed by atoms with Crippen LogP contribution >= 0.6 is 15.9 Å². The summed E-state index contributed by atoms with van der Waals surface area (Å²) in [6, 6.07) is 2.42. The standard InChI is InChI=1S/C28H40BrFN6O2/c1-7-19-15-35(13-12-33(19)6)25-31-23-20(14-18(2)21(29)22(23)30)24(32-25)34-10-8-28(9-11-34)16-36(17-28)26(37)38-27(3,4)5/h14,19H,7-13,15-17H2,1-6H3. The Hall–Kier alpha value is -2.20. The molecule has 0 bridgehead atoms. The van der Waals surface area contributed by atoms with Crippen LogP contribution in [0, 0.1) is 18.2 Å². The summed E-state index contributed by atoms with van der Waals surface area (Å²) in [5.74, 6) is 1.09. The van der Waals surface area contributed by atoms with E-state index in [9.17, 15) is 4.79 Å². The number of nitrogens with zero attached hydrogens (tertiary/aromatic N) is 6. The first-order valence-electron chi connectivity index (χ1n) is 13.7. The number of hydrogen-bond acceptors (Lipinski definition) is 7. The molecule has 208 valence electrons. The van der Waals surface area contributed by atoms with E-state index >= 15 is 4.39 Å². The smallest absolute Gasteiger partial charge is 0.410 e. The maximum absolute atomic E-state index is 15.5. The Balaban J connectivity index is 1.39. The number of carbonyl (C=O) groups excluding carboxylic acids is 1. The number of piperazine rings is 1. The van der Waals surface area contributed by atoms with Crippen molar-refractivity contribution in [2.75, 3.05) is 62.7 Å². The minimum Gasteiger partial charge on any atom is -0.444 e. The molecule has 5 rings (SSSR count). The van der Waals surface area contributed by atoms with Crippen molar-refractivity contribution in [1.82, 2.24) is 19.8 Å². The van der Waals surface area contributed by atoms with E-state index < -0.39 is 5.60 Å². The van der Waals surface area contributed by atoms with Crippen LogP contribution in [0.4, 0.5) is 21.0 Å². The van der Waals surface area contributed by atoms with E-state index in [4.69, 9.17) is 14.7 Å². The Morgan fingerprint density at radius 1 is 1.16 bits per heavy atom. The minimum atomic E-state index is -0.488. The van der Waals surface area contributed by atoms with Crippen molar-refractivity contribution in [2.45, 2.75) is 65.5 Å². The molecule has 1 atom stereocenters. The van der Waals surface area contributed by atoms with Gasteiger partial charge in [0.15, 0.2) is 5.82 Å². The van der Waals surface area contributed by atoms with Crippen LogP contribution < -0.4 is 9.80 Å². The largest absolute Gasteiger partial charge is 0.444 e. The van der Waals surface area contributed by atoms with E-state index in [0.29, 0.717) is 22.0 Å². The van der Waals surface area contributed by atoms with Crippen LogP contribution in [-0.4, -0.2) is 90.4 Å². The highest BCUT2D eigenvalue weighted by Gasteiger charge is 2.48. The fourth-order valence-electron chi connectivity index (χ4n) is 5.98. The second-order valence-electron chi connectivity index (χ2n) is 12.4. The van der Waals surface area contributed by atoms with E-state index in [2.05, 4.69) is 44.6 Å². The molecule has 3 aliphatic heterocycles. The Morgan fingerprint density at radius 3 is 2.47 bits per heavy atom. The van der Waals surface area contributed by atoms with Gasteiger partial charge in [-0.15, -0.1) is 0 Å². The number of ether oxygens (including phenoxy) is 1. The van der Waals surface area contributed by atoms with E-state index in [1.807, 2.05) is 38.7 Å². The summed E-state index contributed by atoms with van der Waals surface area (Å²) >= 11 is 3.43. The summed E-state index contributed by atoms with van der Waals surface area (Å²) in [6.45, 7) is 15.4. The summed E-state index contributed by atoms with van der Waals surface area (Å²) in [5.41, 5.74) is 0.834. The number of amides is 1. The molecule has 1 aromatic heterocycles. The van der Waals surface area contributed by atoms with Gasteiger partial charge in [0.2, 0.25) is 5.95 Å². The quantitative estimate of drug-likeness (QED) is 0.486. The lowest BCUT2D eigenvalue weighted by Gasteiger charge is -2.53. The molecule has 0 N–H and O–H groups in total. The van der Waals surface area contributed by atoms with Gasteiger partial charge in [-0.05, 0) is 81.6 Å². The van der Waals surface area contributed by atoms with Gasteiger partial charge in [-0.25, -0.2) is 14.2 Å². The van der Waals surface area contributed by atoms with Crippen LogP contribution in [-0.2, 0) is 4.74 Å². The third-order valence-electron chi connectivity index (χ3n) is 8.38. The number of fused-ring (bicyclic) bond motifs is 1. The lowest BCUT2D eigenvalue weighted by Crippen LogP contribution is -2.62. The number of rotatable bonds is 3. The van der Waals surface area contributed by atoms with Crippen LogP contribution in [0.25, 0.3) is 10.9 Å². The molecular weight excluding hydrogens is 551 g/mol. The predicted molar refractivity (Wildman–Crippen MR) is 153 cm³/mol. The topological polar surface area (TPSA) is 65.0 Å². The van der Waals surface area contributed by atoms with Crippen molar-refractivity contribution in [3.63, 3.8) is 0 Å². The number of aryl methyl sites for hydroxylation is 1. The lowest BCUT2D eigenvalue weighted by molar-refractivity contribution is -0.0434. The second kappa shape index (κ2) is 10.1. The van der Waals surface area contributed by atoms with Gasteiger partial charge in [0, 0.05) is 62.7 Å². The Bertz CT molecular complexity index is 1220. The first kappa shape index (κ1) is 27.4. The number of benzene rings is 1. The summed E-state index contributed by atoms with van der Waals surface area (Å²) in [4.78, 5) is 31.0. The van der Waals surface area contributed by atoms with Crippen molar-refractivity contribution in [2.24, 2.45) is 5.41 Å². The van der Waals surface area contributed by atoms with Gasteiger partial charge < -0.3 is 19.4 Å². The predicted octanol–water partition coefficient (Wildman–Crippen LogP) is 5.21. The first-order chi connectivity index (χ1) is 17.9. The SMILES string of the molecule is CCC1CN(c2nc(N3CCC4(CC3)CN(C(=O)OC(C)(C)C)C4)c3cc(C)c(Br)c(F)c3n2)CCN1C. The molecule has 0 saturated carbocycles. The average molecular weight is 592 g/mol. The molecular formula is C28H40BrFN6O2. The zero-order valence-corrected chi connectivity index (χ0v) is 25.1. The molecule has 3 aliphatic rings. The number of anilines is 2. The molecule has 8 nitrogen and oxygen atoms in total. The molecule has 0 radical (unpaired) electrons. The maximum atomic E-state index is 15.5. The van der Waals surface area contributed by atoms with Crippen LogP contribution in [0.15, 0.2) is 10.5 Å². The molecule has 1 amide bonds. The number of piperidine rings is 1. The van der Waals surface area contributed by atoms with E-state index in [0.717, 1.165) is 81.8 Å². The van der Waals surface area contributed by atoms with Crippen molar-refractivity contribution in [3.8, 4) is 0 Å². The zero-order chi connectivity index (χ0) is 27.4. The highest BCUT2D eigenvalue weighted by atomic mass is 79.9. The fourth-order valence-corrected chi connectivity index (χ4v) is 6.28. The molecule has 10 heteroatoms. The van der Waals surface area contributed by atoms with Gasteiger partial charge in [-0.1, -0.05) is 6.92 Å². The summed E-state index contributed by atoms with van der Waals surface area (Å²) in [6.07, 6.45) is 2.72. The summed E-state index contributed by atoms with van der Waals surface area (Å²) in [7, 11) is 2.16. The number of aromatic nitrogens is 2. The van der Waals surface area contributed by atoms with Crippen molar-refractivity contribution in [1.29, 1.82) is 0 Å². The monoisotopic (exact) mass is 590 g/mol. The van der Waals surface area contributed by atoms with Gasteiger partial charge in [0.1, 0.15) is 16.9 Å². The fraction of sp³-hybridized carbons (Fsp3) is 0.679. The van der Waals surface area contributed by atoms with Crippen LogP contribution in [0.3, 0.4) is 0 Å². The summed E-state index contributed by atoms with van der Waals surface area (Å²) < 4.78 is 21.6. The second-order valence-corrected chi connectivity index (χ2v) is 13.2. The molecule has 38 heavy (non-hydrogen) atoms. The number of likely N-dealkylation sites (tertiary alicyclic amines) is 1. The molecule has 1 aromatic carbocycles. The summed E-state index contributed by atoms with van der Waals surface area (Å²) in [5, 5.41) is 0.757. The zero-order valence-electron chi connectivity index (χ0n) is 23.5. The lowest BCUT2D eigenvalue weighted by atomic mass is 9.72. The van der Waals surface area contributed by atoms with Gasteiger partial charge in [-0.3, -0.25) is 4.90 Å². The molecule has 0 aliphatic carbocycles. The third-order valence-corrected chi connectivity index (χ3v) is 9.35. The number of hydrogen-bond donors (Lipinski definition) is 0. The Labute approximate surface area is 233 Å². The van der Waals surface area contributed by atoms with Crippen LogP contribution in [0.1, 0.15) is 52.5 Å². The number of carbonyl (C=O) groups is 1. The van der Waals surface area contributed by atoms with Gasteiger partial charge in [0.25, 0.3) is 0 Å². The van der Waals surface area contributed by atoms with Crippen LogP contribution in [0.5, 0.6) is 0 Å². The highest BCUT2D eigenvalue weighted by Crippen LogP contribution is 2.43. The van der Waals surface area contributed by atoms with E-state index in [-0.39, 0.29) is 17.3 Å². The molecule has 2 aromatic rings. The minimum absolute atomic E-state index is 0.120. The number of likely N-dealkylation sites (N-methyl/N-ethyl adjacent to an activating group) is 1.